The Kier molecular flexibility index (Phi) is 5.96. The molecule has 0 spiro atoms. The van der Waals surface area contributed by atoms with E-state index < -0.39 is 5.54 Å². The number of rotatable bonds is 6. The van der Waals surface area contributed by atoms with Crippen molar-refractivity contribution in [2.75, 3.05) is 6.61 Å². The van der Waals surface area contributed by atoms with Crippen LogP contribution in [-0.4, -0.2) is 24.2 Å². The van der Waals surface area contributed by atoms with Gasteiger partial charge >= 0.3 is 5.97 Å². The second-order valence-corrected chi connectivity index (χ2v) is 5.28. The van der Waals surface area contributed by atoms with Gasteiger partial charge in [-0.1, -0.05) is 32.6 Å². The minimum atomic E-state index is -0.493. The van der Waals surface area contributed by atoms with Gasteiger partial charge in [-0.3, -0.25) is 10.1 Å². The van der Waals surface area contributed by atoms with Crippen LogP contribution in [0.5, 0.6) is 0 Å². The largest absolute Gasteiger partial charge is 0.465 e. The summed E-state index contributed by atoms with van der Waals surface area (Å²) >= 11 is 0. The van der Waals surface area contributed by atoms with Gasteiger partial charge in [0.1, 0.15) is 5.54 Å². The highest BCUT2D eigenvalue weighted by Crippen LogP contribution is 2.23. The van der Waals surface area contributed by atoms with Crippen molar-refractivity contribution in [1.82, 2.24) is 5.32 Å². The molecule has 1 aliphatic rings. The number of hydrogen-bond acceptors (Lipinski definition) is 3. The van der Waals surface area contributed by atoms with Crippen LogP contribution in [-0.2, 0) is 9.53 Å². The van der Waals surface area contributed by atoms with E-state index in [4.69, 9.17) is 4.74 Å². The van der Waals surface area contributed by atoms with Gasteiger partial charge in [0.2, 0.25) is 0 Å². The molecular formula is C14H27NO2. The molecule has 17 heavy (non-hydrogen) atoms. The van der Waals surface area contributed by atoms with Crippen LogP contribution in [0.2, 0.25) is 0 Å². The van der Waals surface area contributed by atoms with E-state index in [0.29, 0.717) is 12.6 Å². The van der Waals surface area contributed by atoms with Crippen LogP contribution in [0.4, 0.5) is 0 Å². The summed E-state index contributed by atoms with van der Waals surface area (Å²) in [4.78, 5) is 12.0. The molecule has 1 fully saturated rings. The molecule has 3 nitrogen and oxygen atoms in total. The Morgan fingerprint density at radius 1 is 1.29 bits per heavy atom. The monoisotopic (exact) mass is 241 g/mol. The van der Waals surface area contributed by atoms with Crippen LogP contribution in [0.1, 0.15) is 65.7 Å². The third kappa shape index (κ3) is 4.30. The first-order chi connectivity index (χ1) is 8.12. The zero-order valence-electron chi connectivity index (χ0n) is 11.6. The fourth-order valence-corrected chi connectivity index (χ4v) is 2.72. The van der Waals surface area contributed by atoms with Crippen LogP contribution in [0.3, 0.4) is 0 Å². The maximum atomic E-state index is 12.0. The first-order valence-electron chi connectivity index (χ1n) is 7.07. The third-order valence-corrected chi connectivity index (χ3v) is 3.60. The van der Waals surface area contributed by atoms with Crippen molar-refractivity contribution in [2.45, 2.75) is 77.3 Å². The van der Waals surface area contributed by atoms with E-state index in [2.05, 4.69) is 12.2 Å². The maximum Gasteiger partial charge on any atom is 0.326 e. The Labute approximate surface area is 105 Å². The molecule has 0 aromatic carbocycles. The number of nitrogens with one attached hydrogen (secondary N) is 1. The van der Waals surface area contributed by atoms with E-state index in [1.807, 2.05) is 13.8 Å². The van der Waals surface area contributed by atoms with Crippen molar-refractivity contribution in [1.29, 1.82) is 0 Å². The van der Waals surface area contributed by atoms with Gasteiger partial charge in [0.25, 0.3) is 0 Å². The van der Waals surface area contributed by atoms with Crippen LogP contribution in [0.15, 0.2) is 0 Å². The summed E-state index contributed by atoms with van der Waals surface area (Å²) in [7, 11) is 0. The molecule has 1 atom stereocenters. The molecule has 100 valence electrons. The van der Waals surface area contributed by atoms with E-state index >= 15 is 0 Å². The Morgan fingerprint density at radius 3 is 2.47 bits per heavy atom. The van der Waals surface area contributed by atoms with E-state index in [9.17, 15) is 4.79 Å². The molecule has 0 saturated heterocycles. The second-order valence-electron chi connectivity index (χ2n) is 5.28. The molecular weight excluding hydrogens is 214 g/mol. The summed E-state index contributed by atoms with van der Waals surface area (Å²) in [5.74, 6) is -0.0903. The summed E-state index contributed by atoms with van der Waals surface area (Å²) in [5, 5.41) is 3.54. The van der Waals surface area contributed by atoms with Gasteiger partial charge in [-0.15, -0.1) is 0 Å². The zero-order valence-corrected chi connectivity index (χ0v) is 11.6. The number of esters is 1. The number of ether oxygens (including phenoxy) is 1. The van der Waals surface area contributed by atoms with Gasteiger partial charge in [0, 0.05) is 6.04 Å². The smallest absolute Gasteiger partial charge is 0.326 e. The molecule has 0 aliphatic heterocycles. The minimum Gasteiger partial charge on any atom is -0.465 e. The minimum absolute atomic E-state index is 0.0903. The SMILES string of the molecule is CCCC(C)(NC1CCCCC1)C(=O)OCC. The van der Waals surface area contributed by atoms with Crippen LogP contribution in [0, 0.1) is 0 Å². The van der Waals surface area contributed by atoms with E-state index in [-0.39, 0.29) is 5.97 Å². The number of hydrogen-bond donors (Lipinski definition) is 1. The lowest BCUT2D eigenvalue weighted by Crippen LogP contribution is -2.54. The fourth-order valence-electron chi connectivity index (χ4n) is 2.72. The predicted octanol–water partition coefficient (Wildman–Crippen LogP) is 3.03. The Balaban J connectivity index is 2.58. The third-order valence-electron chi connectivity index (χ3n) is 3.60. The molecule has 3 heteroatoms. The highest BCUT2D eigenvalue weighted by molar-refractivity contribution is 5.80. The summed E-state index contributed by atoms with van der Waals surface area (Å²) in [6, 6.07) is 0.490. The van der Waals surface area contributed by atoms with Crippen molar-refractivity contribution in [3.8, 4) is 0 Å². The van der Waals surface area contributed by atoms with Crippen molar-refractivity contribution >= 4 is 5.97 Å². The molecule has 0 bridgehead atoms. The topological polar surface area (TPSA) is 38.3 Å². The van der Waals surface area contributed by atoms with Crippen molar-refractivity contribution in [3.63, 3.8) is 0 Å². The molecule has 1 saturated carbocycles. The molecule has 0 aromatic heterocycles. The lowest BCUT2D eigenvalue weighted by atomic mass is 9.89. The van der Waals surface area contributed by atoms with Gasteiger partial charge < -0.3 is 4.74 Å². The molecule has 1 rings (SSSR count). The van der Waals surface area contributed by atoms with Crippen LogP contribution in [0.25, 0.3) is 0 Å². The summed E-state index contributed by atoms with van der Waals surface area (Å²) in [6.07, 6.45) is 8.13. The Morgan fingerprint density at radius 2 is 1.94 bits per heavy atom. The molecule has 0 radical (unpaired) electrons. The normalized spacial score (nSPS) is 20.9. The standard InChI is InChI=1S/C14H27NO2/c1-4-11-14(3,13(16)17-5-2)15-12-9-7-6-8-10-12/h12,15H,4-11H2,1-3H3. The summed E-state index contributed by atoms with van der Waals surface area (Å²) < 4.78 is 5.20. The first-order valence-corrected chi connectivity index (χ1v) is 7.07. The predicted molar refractivity (Wildman–Crippen MR) is 70.0 cm³/mol. The van der Waals surface area contributed by atoms with Crippen molar-refractivity contribution in [3.05, 3.63) is 0 Å². The lowest BCUT2D eigenvalue weighted by molar-refractivity contribution is -0.151. The van der Waals surface area contributed by atoms with Gasteiger partial charge in [-0.05, 0) is 33.1 Å². The average molecular weight is 241 g/mol. The van der Waals surface area contributed by atoms with Gasteiger partial charge in [0.05, 0.1) is 6.61 Å². The quantitative estimate of drug-likeness (QED) is 0.726. The molecule has 1 aliphatic carbocycles. The van der Waals surface area contributed by atoms with E-state index in [0.717, 1.165) is 12.8 Å². The molecule has 0 heterocycles. The van der Waals surface area contributed by atoms with Crippen LogP contribution < -0.4 is 5.32 Å². The highest BCUT2D eigenvalue weighted by atomic mass is 16.5. The zero-order chi connectivity index (χ0) is 12.7. The van der Waals surface area contributed by atoms with Crippen LogP contribution >= 0.6 is 0 Å². The van der Waals surface area contributed by atoms with Crippen molar-refractivity contribution in [2.24, 2.45) is 0 Å². The summed E-state index contributed by atoms with van der Waals surface area (Å²) in [6.45, 7) is 6.43. The molecule has 0 aromatic rings. The molecule has 1 unspecified atom stereocenters. The Hall–Kier alpha value is -0.570. The number of carbonyl (C=O) groups is 1. The Bertz CT molecular complexity index is 236. The van der Waals surface area contributed by atoms with Gasteiger partial charge in [-0.25, -0.2) is 0 Å². The molecule has 0 amide bonds. The van der Waals surface area contributed by atoms with E-state index in [1.54, 1.807) is 0 Å². The maximum absolute atomic E-state index is 12.0. The number of carbonyl (C=O) groups excluding carboxylic acids is 1. The van der Waals surface area contributed by atoms with Crippen molar-refractivity contribution < 1.29 is 9.53 Å². The fraction of sp³-hybridized carbons (Fsp3) is 0.929. The van der Waals surface area contributed by atoms with Gasteiger partial charge in [0.15, 0.2) is 0 Å². The summed E-state index contributed by atoms with van der Waals surface area (Å²) in [5.41, 5.74) is -0.493. The average Bonchev–Trinajstić information content (AvgIpc) is 2.31. The lowest BCUT2D eigenvalue weighted by Gasteiger charge is -2.34. The van der Waals surface area contributed by atoms with Gasteiger partial charge in [-0.2, -0.15) is 0 Å². The molecule has 1 N–H and O–H groups in total. The second kappa shape index (κ2) is 7.00. The van der Waals surface area contributed by atoms with E-state index in [1.165, 1.54) is 32.1 Å². The first kappa shape index (κ1) is 14.5. The highest BCUT2D eigenvalue weighted by Gasteiger charge is 2.35.